The lowest BCUT2D eigenvalue weighted by molar-refractivity contribution is 0.122. The van der Waals surface area contributed by atoms with E-state index in [4.69, 9.17) is 9.73 Å². The van der Waals surface area contributed by atoms with Gasteiger partial charge in [0.05, 0.1) is 35.1 Å². The van der Waals surface area contributed by atoms with Gasteiger partial charge in [-0.3, -0.25) is 4.98 Å². The minimum Gasteiger partial charge on any atom is -0.494 e. The van der Waals surface area contributed by atoms with Gasteiger partial charge in [-0.2, -0.15) is 0 Å². The third kappa shape index (κ3) is 5.15. The van der Waals surface area contributed by atoms with E-state index in [0.717, 1.165) is 37.2 Å². The van der Waals surface area contributed by atoms with E-state index in [-0.39, 0.29) is 10.8 Å². The average molecular weight is 532 g/mol. The van der Waals surface area contributed by atoms with E-state index < -0.39 is 10.0 Å². The Morgan fingerprint density at radius 1 is 1.11 bits per heavy atom. The Bertz CT molecular complexity index is 1590. The lowest BCUT2D eigenvalue weighted by Gasteiger charge is -2.28. The number of fused-ring (bicyclic) bond motifs is 1. The molecule has 1 aliphatic heterocycles. The van der Waals surface area contributed by atoms with Crippen LogP contribution in [0, 0.1) is 5.92 Å². The predicted molar refractivity (Wildman–Crippen MR) is 147 cm³/mol. The van der Waals surface area contributed by atoms with Gasteiger partial charge >= 0.3 is 0 Å². The van der Waals surface area contributed by atoms with Crippen LogP contribution in [0.3, 0.4) is 0 Å². The zero-order valence-electron chi connectivity index (χ0n) is 20.8. The zero-order chi connectivity index (χ0) is 26.1. The number of rotatable bonds is 8. The van der Waals surface area contributed by atoms with Gasteiger partial charge < -0.3 is 19.7 Å². The van der Waals surface area contributed by atoms with Crippen LogP contribution in [0.2, 0.25) is 0 Å². The van der Waals surface area contributed by atoms with Crippen LogP contribution in [0.25, 0.3) is 10.9 Å². The third-order valence-corrected chi connectivity index (χ3v) is 8.38. The van der Waals surface area contributed by atoms with Crippen molar-refractivity contribution in [1.82, 2.24) is 14.7 Å². The van der Waals surface area contributed by atoms with Crippen LogP contribution in [0.15, 0.2) is 76.9 Å². The Morgan fingerprint density at radius 2 is 1.89 bits per heavy atom. The largest absolute Gasteiger partial charge is 0.494 e. The standard InChI is InChI=1S/C28H29N5O4S/c34-28-26(24-17-23(6-7-25(24)32-28)38(35,36)30-18-19-4-5-19)27(20-8-10-29-11-9-20)31-21-2-1-3-22(16-21)33-12-14-37-15-13-33/h1-3,6-11,16-17,19,30,32,34H,4-5,12-15,18H2. The Morgan fingerprint density at radius 3 is 2.66 bits per heavy atom. The van der Waals surface area contributed by atoms with Gasteiger partial charge in [0.15, 0.2) is 5.88 Å². The number of ether oxygens (including phenoxy) is 1. The van der Waals surface area contributed by atoms with Crippen molar-refractivity contribution in [2.24, 2.45) is 10.9 Å². The quantitative estimate of drug-likeness (QED) is 0.296. The minimum atomic E-state index is -3.69. The molecule has 0 bridgehead atoms. The number of aromatic nitrogens is 2. The van der Waals surface area contributed by atoms with Gasteiger partial charge in [-0.05, 0) is 67.3 Å². The number of aromatic amines is 1. The molecule has 196 valence electrons. The molecule has 2 fully saturated rings. The number of aromatic hydroxyl groups is 1. The normalized spacial score (nSPS) is 16.7. The molecule has 2 aromatic carbocycles. The van der Waals surface area contributed by atoms with E-state index in [1.165, 1.54) is 0 Å². The molecule has 3 N–H and O–H groups in total. The highest BCUT2D eigenvalue weighted by Gasteiger charge is 2.26. The fourth-order valence-corrected chi connectivity index (χ4v) is 5.82. The van der Waals surface area contributed by atoms with Crippen LogP contribution in [0.5, 0.6) is 5.88 Å². The van der Waals surface area contributed by atoms with Crippen molar-refractivity contribution in [1.29, 1.82) is 0 Å². The molecule has 9 nitrogen and oxygen atoms in total. The molecule has 6 rings (SSSR count). The summed E-state index contributed by atoms with van der Waals surface area (Å²) < 4.78 is 34.2. The van der Waals surface area contributed by atoms with Crippen molar-refractivity contribution in [3.63, 3.8) is 0 Å². The van der Waals surface area contributed by atoms with Gasteiger partial charge in [0, 0.05) is 54.2 Å². The van der Waals surface area contributed by atoms with Crippen LogP contribution in [0.4, 0.5) is 11.4 Å². The molecule has 0 radical (unpaired) electrons. The van der Waals surface area contributed by atoms with Gasteiger partial charge in [0.25, 0.3) is 0 Å². The maximum atomic E-state index is 13.0. The smallest absolute Gasteiger partial charge is 0.240 e. The van der Waals surface area contributed by atoms with Crippen molar-refractivity contribution in [2.75, 3.05) is 37.7 Å². The SMILES string of the molecule is O=S(=O)(NCC1CC1)c1ccc2[nH]c(O)c(C(=Nc3cccc(N4CCOCC4)c3)c3ccncc3)c2c1. The van der Waals surface area contributed by atoms with Crippen molar-refractivity contribution >= 4 is 38.0 Å². The predicted octanol–water partition coefficient (Wildman–Crippen LogP) is 3.96. The number of hydrogen-bond donors (Lipinski definition) is 3. The highest BCUT2D eigenvalue weighted by Crippen LogP contribution is 2.34. The van der Waals surface area contributed by atoms with Gasteiger partial charge in [-0.25, -0.2) is 18.1 Å². The molecule has 0 atom stereocenters. The summed E-state index contributed by atoms with van der Waals surface area (Å²) >= 11 is 0. The summed E-state index contributed by atoms with van der Waals surface area (Å²) in [4.78, 5) is 14.5. The fourth-order valence-electron chi connectivity index (χ4n) is 4.68. The summed E-state index contributed by atoms with van der Waals surface area (Å²) in [5.41, 5.74) is 4.06. The first-order valence-electron chi connectivity index (χ1n) is 12.7. The summed E-state index contributed by atoms with van der Waals surface area (Å²) in [6.45, 7) is 3.41. The molecule has 0 amide bonds. The van der Waals surface area contributed by atoms with Gasteiger partial charge in [0.2, 0.25) is 10.0 Å². The van der Waals surface area contributed by atoms with E-state index in [9.17, 15) is 13.5 Å². The van der Waals surface area contributed by atoms with Crippen LogP contribution in [-0.2, 0) is 14.8 Å². The molecule has 10 heteroatoms. The molecule has 38 heavy (non-hydrogen) atoms. The monoisotopic (exact) mass is 531 g/mol. The number of anilines is 1. The number of benzene rings is 2. The number of hydrogen-bond acceptors (Lipinski definition) is 7. The van der Waals surface area contributed by atoms with Gasteiger partial charge in [-0.15, -0.1) is 0 Å². The molecule has 2 aromatic heterocycles. The molecule has 3 heterocycles. The summed E-state index contributed by atoms with van der Waals surface area (Å²) in [5.74, 6) is 0.333. The highest BCUT2D eigenvalue weighted by molar-refractivity contribution is 7.89. The molecule has 1 saturated heterocycles. The van der Waals surface area contributed by atoms with Crippen molar-refractivity contribution in [3.05, 3.63) is 78.1 Å². The highest BCUT2D eigenvalue weighted by atomic mass is 32.2. The first kappa shape index (κ1) is 24.6. The second kappa shape index (κ2) is 10.2. The first-order valence-corrected chi connectivity index (χ1v) is 14.2. The van der Waals surface area contributed by atoms with Crippen LogP contribution in [-0.4, -0.2) is 62.1 Å². The number of morpholine rings is 1. The van der Waals surface area contributed by atoms with Crippen LogP contribution >= 0.6 is 0 Å². The lowest BCUT2D eigenvalue weighted by Crippen LogP contribution is -2.36. The van der Waals surface area contributed by atoms with Gasteiger partial charge in [-0.1, -0.05) is 6.07 Å². The molecular formula is C28H29N5O4S. The van der Waals surface area contributed by atoms with Crippen LogP contribution in [0.1, 0.15) is 24.0 Å². The molecule has 0 spiro atoms. The summed E-state index contributed by atoms with van der Waals surface area (Å²) in [6.07, 6.45) is 5.43. The summed E-state index contributed by atoms with van der Waals surface area (Å²) in [5, 5.41) is 11.6. The van der Waals surface area contributed by atoms with Crippen LogP contribution < -0.4 is 9.62 Å². The fraction of sp³-hybridized carbons (Fsp3) is 0.286. The Hall–Kier alpha value is -3.73. The Kier molecular flexibility index (Phi) is 6.61. The summed E-state index contributed by atoms with van der Waals surface area (Å²) in [6, 6.07) is 16.4. The van der Waals surface area contributed by atoms with Gasteiger partial charge in [0.1, 0.15) is 0 Å². The van der Waals surface area contributed by atoms with Crippen molar-refractivity contribution in [2.45, 2.75) is 17.7 Å². The Labute approximate surface area is 221 Å². The van der Waals surface area contributed by atoms with E-state index in [2.05, 4.69) is 19.6 Å². The van der Waals surface area contributed by atoms with E-state index in [1.54, 1.807) is 30.6 Å². The maximum absolute atomic E-state index is 13.0. The number of H-pyrrole nitrogens is 1. The molecule has 1 aliphatic carbocycles. The molecule has 0 unspecified atom stereocenters. The molecular weight excluding hydrogens is 502 g/mol. The van der Waals surface area contributed by atoms with E-state index in [0.29, 0.717) is 53.5 Å². The second-order valence-corrected chi connectivity index (χ2v) is 11.4. The molecule has 4 aromatic rings. The first-order chi connectivity index (χ1) is 18.5. The number of nitrogens with one attached hydrogen (secondary N) is 2. The van der Waals surface area contributed by atoms with Crippen molar-refractivity contribution < 1.29 is 18.3 Å². The third-order valence-electron chi connectivity index (χ3n) is 6.96. The number of sulfonamides is 1. The Balaban J connectivity index is 1.45. The minimum absolute atomic E-state index is 0.0830. The lowest BCUT2D eigenvalue weighted by atomic mass is 10.0. The maximum Gasteiger partial charge on any atom is 0.240 e. The van der Waals surface area contributed by atoms with E-state index in [1.807, 2.05) is 36.4 Å². The number of aliphatic imine (C=N–C) groups is 1. The number of pyridine rings is 1. The number of nitrogens with zero attached hydrogens (tertiary/aromatic N) is 3. The topological polar surface area (TPSA) is 120 Å². The summed E-state index contributed by atoms with van der Waals surface area (Å²) in [7, 11) is -3.69. The second-order valence-electron chi connectivity index (χ2n) is 9.67. The molecule has 1 saturated carbocycles. The average Bonchev–Trinajstić information content (AvgIpc) is 3.72. The molecule has 2 aliphatic rings. The zero-order valence-corrected chi connectivity index (χ0v) is 21.6. The van der Waals surface area contributed by atoms with E-state index >= 15 is 0 Å². The van der Waals surface area contributed by atoms with Crippen molar-refractivity contribution in [3.8, 4) is 5.88 Å².